The first-order chi connectivity index (χ1) is 11.3. The normalized spacial score (nSPS) is 21.0. The Labute approximate surface area is 137 Å². The van der Waals surface area contributed by atoms with Crippen LogP contribution < -0.4 is 0 Å². The third-order valence-corrected chi connectivity index (χ3v) is 4.11. The van der Waals surface area contributed by atoms with Gasteiger partial charge in [0.15, 0.2) is 0 Å². The molecule has 1 aliphatic carbocycles. The lowest BCUT2D eigenvalue weighted by Gasteiger charge is -2.28. The lowest BCUT2D eigenvalue weighted by Crippen LogP contribution is -2.33. The maximum Gasteiger partial charge on any atom is 0.416 e. The Morgan fingerprint density at radius 1 is 1.08 bits per heavy atom. The summed E-state index contributed by atoms with van der Waals surface area (Å²) in [5, 5.41) is 0. The number of hydrogen-bond donors (Lipinski definition) is 0. The predicted octanol–water partition coefficient (Wildman–Crippen LogP) is 3.46. The number of halogens is 3. The van der Waals surface area contributed by atoms with E-state index in [4.69, 9.17) is 9.47 Å². The first kappa shape index (κ1) is 18.0. The Morgan fingerprint density at radius 2 is 1.71 bits per heavy atom. The molecule has 4 nitrogen and oxygen atoms in total. The van der Waals surface area contributed by atoms with E-state index in [-0.39, 0.29) is 12.8 Å². The van der Waals surface area contributed by atoms with Crippen LogP contribution in [0.3, 0.4) is 0 Å². The van der Waals surface area contributed by atoms with Gasteiger partial charge in [0.05, 0.1) is 31.6 Å². The molecule has 1 unspecified atom stereocenters. The molecule has 0 aliphatic heterocycles. The second-order valence-corrected chi connectivity index (χ2v) is 5.51. The van der Waals surface area contributed by atoms with Gasteiger partial charge in [0, 0.05) is 0 Å². The van der Waals surface area contributed by atoms with E-state index in [9.17, 15) is 22.8 Å². The summed E-state index contributed by atoms with van der Waals surface area (Å²) in [6, 6.07) is 4.90. The summed E-state index contributed by atoms with van der Waals surface area (Å²) in [6.45, 7) is 0. The Hall–Kier alpha value is -2.31. The van der Waals surface area contributed by atoms with Crippen molar-refractivity contribution in [2.24, 2.45) is 11.8 Å². The van der Waals surface area contributed by atoms with Crippen molar-refractivity contribution in [2.45, 2.75) is 19.0 Å². The van der Waals surface area contributed by atoms with Crippen LogP contribution in [0.4, 0.5) is 13.2 Å². The zero-order chi connectivity index (χ0) is 17.9. The highest BCUT2D eigenvalue weighted by Gasteiger charge is 2.38. The van der Waals surface area contributed by atoms with Crippen molar-refractivity contribution in [3.8, 4) is 0 Å². The summed E-state index contributed by atoms with van der Waals surface area (Å²) >= 11 is 0. The van der Waals surface area contributed by atoms with Crippen LogP contribution in [-0.4, -0.2) is 26.2 Å². The molecule has 1 aromatic rings. The van der Waals surface area contributed by atoms with E-state index < -0.39 is 35.5 Å². The molecule has 0 spiro atoms. The van der Waals surface area contributed by atoms with E-state index in [1.807, 2.05) is 0 Å². The summed E-state index contributed by atoms with van der Waals surface area (Å²) < 4.78 is 48.0. The van der Waals surface area contributed by atoms with Gasteiger partial charge in [0.25, 0.3) is 0 Å². The van der Waals surface area contributed by atoms with E-state index in [2.05, 4.69) is 0 Å². The molecular formula is C17H17F3O4. The van der Waals surface area contributed by atoms with E-state index in [1.165, 1.54) is 20.3 Å². The van der Waals surface area contributed by atoms with Crippen LogP contribution in [0, 0.1) is 11.8 Å². The first-order valence-corrected chi connectivity index (χ1v) is 7.30. The quantitative estimate of drug-likeness (QED) is 0.790. The van der Waals surface area contributed by atoms with Gasteiger partial charge in [-0.25, -0.2) is 0 Å². The molecule has 0 aromatic heterocycles. The van der Waals surface area contributed by atoms with Crippen LogP contribution in [0.2, 0.25) is 0 Å². The first-order valence-electron chi connectivity index (χ1n) is 7.30. The number of esters is 2. The fourth-order valence-electron chi connectivity index (χ4n) is 2.84. The molecule has 0 N–H and O–H groups in total. The smallest absolute Gasteiger partial charge is 0.416 e. The van der Waals surface area contributed by atoms with Gasteiger partial charge in [-0.15, -0.1) is 0 Å². The monoisotopic (exact) mass is 342 g/mol. The average Bonchev–Trinajstić information content (AvgIpc) is 2.59. The minimum atomic E-state index is -4.44. The largest absolute Gasteiger partial charge is 0.469 e. The van der Waals surface area contributed by atoms with Crippen LogP contribution in [0.5, 0.6) is 0 Å². The fraction of sp³-hybridized carbons (Fsp3) is 0.412. The molecule has 0 heterocycles. The molecule has 0 saturated heterocycles. The van der Waals surface area contributed by atoms with Gasteiger partial charge in [-0.1, -0.05) is 18.2 Å². The van der Waals surface area contributed by atoms with Crippen LogP contribution in [-0.2, 0) is 25.2 Å². The molecule has 0 bridgehead atoms. The number of rotatable bonds is 3. The maximum atomic E-state index is 12.9. The van der Waals surface area contributed by atoms with Gasteiger partial charge in [-0.05, 0) is 36.1 Å². The van der Waals surface area contributed by atoms with E-state index in [0.29, 0.717) is 11.1 Å². The third kappa shape index (κ3) is 3.77. The summed E-state index contributed by atoms with van der Waals surface area (Å²) in [7, 11) is 2.43. The minimum Gasteiger partial charge on any atom is -0.469 e. The highest BCUT2D eigenvalue weighted by molar-refractivity contribution is 5.85. The van der Waals surface area contributed by atoms with E-state index in [1.54, 1.807) is 12.1 Å². The van der Waals surface area contributed by atoms with Gasteiger partial charge in [-0.2, -0.15) is 13.2 Å². The highest BCUT2D eigenvalue weighted by Crippen LogP contribution is 2.38. The van der Waals surface area contributed by atoms with E-state index >= 15 is 0 Å². The molecular weight excluding hydrogens is 325 g/mol. The summed E-state index contributed by atoms with van der Waals surface area (Å²) in [5.41, 5.74) is 0.198. The molecule has 0 saturated carbocycles. The predicted molar refractivity (Wildman–Crippen MR) is 79.7 cm³/mol. The van der Waals surface area contributed by atoms with Crippen molar-refractivity contribution in [3.05, 3.63) is 41.5 Å². The standard InChI is InChI=1S/C17H17F3O4/c1-23-15(21)13-7-6-11(9-14(13)16(22)24-2)10-4-3-5-12(8-10)17(18,19)20/h3-6,8,13-14H,7,9H2,1-2H3/t13-,14?/m0/s1. The van der Waals surface area contributed by atoms with E-state index in [0.717, 1.165) is 12.1 Å². The Kier molecular flexibility index (Phi) is 5.31. The fourth-order valence-corrected chi connectivity index (χ4v) is 2.84. The Bertz CT molecular complexity index is 664. The number of carbonyl (C=O) groups is 2. The van der Waals surface area contributed by atoms with Gasteiger partial charge in [-0.3, -0.25) is 9.59 Å². The number of carbonyl (C=O) groups excluding carboxylic acids is 2. The van der Waals surface area contributed by atoms with Crippen molar-refractivity contribution < 1.29 is 32.2 Å². The zero-order valence-corrected chi connectivity index (χ0v) is 13.2. The molecule has 7 heteroatoms. The van der Waals surface area contributed by atoms with Gasteiger partial charge in [0.1, 0.15) is 0 Å². The molecule has 0 fully saturated rings. The highest BCUT2D eigenvalue weighted by atomic mass is 19.4. The minimum absolute atomic E-state index is 0.119. The second kappa shape index (κ2) is 7.07. The van der Waals surface area contributed by atoms with Crippen molar-refractivity contribution in [2.75, 3.05) is 14.2 Å². The van der Waals surface area contributed by atoms with Gasteiger partial charge >= 0.3 is 18.1 Å². The molecule has 130 valence electrons. The molecule has 0 radical (unpaired) electrons. The maximum absolute atomic E-state index is 12.9. The second-order valence-electron chi connectivity index (χ2n) is 5.51. The summed E-state index contributed by atoms with van der Waals surface area (Å²) in [6.07, 6.45) is -2.44. The molecule has 0 amide bonds. The van der Waals surface area contributed by atoms with Gasteiger partial charge in [0.2, 0.25) is 0 Å². The van der Waals surface area contributed by atoms with Crippen molar-refractivity contribution in [1.82, 2.24) is 0 Å². The molecule has 2 rings (SSSR count). The van der Waals surface area contributed by atoms with Gasteiger partial charge < -0.3 is 9.47 Å². The van der Waals surface area contributed by atoms with Crippen LogP contribution in [0.25, 0.3) is 5.57 Å². The molecule has 24 heavy (non-hydrogen) atoms. The van der Waals surface area contributed by atoms with Crippen molar-refractivity contribution in [3.63, 3.8) is 0 Å². The number of alkyl halides is 3. The van der Waals surface area contributed by atoms with Crippen molar-refractivity contribution >= 4 is 17.5 Å². The SMILES string of the molecule is COC(=O)C1CC(c2cccc(C(F)(F)F)c2)=CC[C@@H]1C(=O)OC. The number of hydrogen-bond acceptors (Lipinski definition) is 4. The van der Waals surface area contributed by atoms with Crippen LogP contribution in [0.1, 0.15) is 24.0 Å². The third-order valence-electron chi connectivity index (χ3n) is 4.11. The van der Waals surface area contributed by atoms with Crippen LogP contribution in [0.15, 0.2) is 30.3 Å². The summed E-state index contributed by atoms with van der Waals surface area (Å²) in [4.78, 5) is 23.8. The van der Waals surface area contributed by atoms with Crippen molar-refractivity contribution in [1.29, 1.82) is 0 Å². The molecule has 2 atom stereocenters. The number of benzene rings is 1. The average molecular weight is 342 g/mol. The zero-order valence-electron chi connectivity index (χ0n) is 13.2. The molecule has 1 aromatic carbocycles. The Morgan fingerprint density at radius 3 is 2.29 bits per heavy atom. The number of allylic oxidation sites excluding steroid dienone is 2. The lowest BCUT2D eigenvalue weighted by molar-refractivity contribution is -0.157. The number of methoxy groups -OCH3 is 2. The Balaban J connectivity index is 2.34. The summed E-state index contributed by atoms with van der Waals surface area (Å²) in [5.74, 6) is -2.60. The van der Waals surface area contributed by atoms with Crippen LogP contribution >= 0.6 is 0 Å². The lowest BCUT2D eigenvalue weighted by atomic mass is 9.77. The topological polar surface area (TPSA) is 52.6 Å². The number of ether oxygens (including phenoxy) is 2. The molecule has 1 aliphatic rings.